The van der Waals surface area contributed by atoms with E-state index in [2.05, 4.69) is 0 Å². The Labute approximate surface area is 125 Å². The molecule has 0 aromatic heterocycles. The molecule has 0 N–H and O–H groups in total. The van der Waals surface area contributed by atoms with Crippen molar-refractivity contribution in [1.29, 1.82) is 0 Å². The van der Waals surface area contributed by atoms with E-state index in [0.717, 1.165) is 5.56 Å². The quantitative estimate of drug-likeness (QED) is 0.681. The van der Waals surface area contributed by atoms with Crippen LogP contribution in [0.5, 0.6) is 5.75 Å². The van der Waals surface area contributed by atoms with Gasteiger partial charge >= 0.3 is 0 Å². The van der Waals surface area contributed by atoms with Crippen molar-refractivity contribution < 1.29 is 9.13 Å². The van der Waals surface area contributed by atoms with Gasteiger partial charge in [-0.25, -0.2) is 4.39 Å². The molecule has 0 saturated carbocycles. The molecular formula is C14H10Cl3FO. The lowest BCUT2D eigenvalue weighted by Gasteiger charge is -2.09. The summed E-state index contributed by atoms with van der Waals surface area (Å²) in [6, 6.07) is 9.46. The number of rotatable bonds is 4. The maximum Gasteiger partial charge on any atom is 0.127 e. The first-order valence-electron chi connectivity index (χ1n) is 5.50. The summed E-state index contributed by atoms with van der Waals surface area (Å²) < 4.78 is 18.8. The minimum absolute atomic E-state index is 0.213. The van der Waals surface area contributed by atoms with Gasteiger partial charge in [-0.3, -0.25) is 0 Å². The zero-order valence-corrected chi connectivity index (χ0v) is 12.1. The van der Waals surface area contributed by atoms with Crippen LogP contribution in [0, 0.1) is 5.82 Å². The van der Waals surface area contributed by atoms with Gasteiger partial charge in [0.2, 0.25) is 0 Å². The van der Waals surface area contributed by atoms with E-state index in [9.17, 15) is 4.39 Å². The molecule has 0 amide bonds. The number of halogens is 4. The van der Waals surface area contributed by atoms with Gasteiger partial charge in [0.1, 0.15) is 18.2 Å². The van der Waals surface area contributed by atoms with Gasteiger partial charge in [0.05, 0.1) is 0 Å². The third-order valence-corrected chi connectivity index (χ3v) is 3.40. The van der Waals surface area contributed by atoms with Crippen molar-refractivity contribution >= 4 is 34.8 Å². The molecule has 2 aromatic rings. The normalized spacial score (nSPS) is 10.5. The second-order valence-corrected chi connectivity index (χ2v) is 5.06. The fourth-order valence-electron chi connectivity index (χ4n) is 1.60. The third-order valence-electron chi connectivity index (χ3n) is 2.49. The van der Waals surface area contributed by atoms with Crippen molar-refractivity contribution in [1.82, 2.24) is 0 Å². The van der Waals surface area contributed by atoms with Crippen LogP contribution in [0.1, 0.15) is 11.1 Å². The average molecular weight is 320 g/mol. The van der Waals surface area contributed by atoms with Crippen LogP contribution in [0.3, 0.4) is 0 Å². The number of benzene rings is 2. The summed E-state index contributed by atoms with van der Waals surface area (Å²) in [4.78, 5) is 0. The molecule has 0 aliphatic heterocycles. The molecule has 0 saturated heterocycles. The molecule has 1 nitrogen and oxygen atoms in total. The van der Waals surface area contributed by atoms with Gasteiger partial charge < -0.3 is 4.74 Å². The molecule has 100 valence electrons. The predicted octanol–water partition coefficient (Wildman–Crippen LogP) is 5.45. The summed E-state index contributed by atoms with van der Waals surface area (Å²) in [7, 11) is 0. The van der Waals surface area contributed by atoms with Gasteiger partial charge in [0.15, 0.2) is 0 Å². The summed E-state index contributed by atoms with van der Waals surface area (Å²) in [6.45, 7) is 0.213. The highest BCUT2D eigenvalue weighted by molar-refractivity contribution is 6.33. The maximum atomic E-state index is 13.3. The lowest BCUT2D eigenvalue weighted by atomic mass is 10.2. The van der Waals surface area contributed by atoms with Crippen molar-refractivity contribution in [3.05, 3.63) is 63.4 Å². The molecule has 0 spiro atoms. The van der Waals surface area contributed by atoms with Gasteiger partial charge in [0.25, 0.3) is 0 Å². The highest BCUT2D eigenvalue weighted by atomic mass is 35.5. The SMILES string of the molecule is Fc1cc(CCl)cc(OCc2cc(Cl)ccc2Cl)c1. The lowest BCUT2D eigenvalue weighted by Crippen LogP contribution is -1.97. The summed E-state index contributed by atoms with van der Waals surface area (Å²) in [5.74, 6) is 0.253. The predicted molar refractivity (Wildman–Crippen MR) is 76.8 cm³/mol. The maximum absolute atomic E-state index is 13.3. The van der Waals surface area contributed by atoms with E-state index in [1.54, 1.807) is 24.3 Å². The molecular weight excluding hydrogens is 310 g/mol. The Morgan fingerprint density at radius 1 is 1.05 bits per heavy atom. The number of alkyl halides is 1. The highest BCUT2D eigenvalue weighted by Crippen LogP contribution is 2.24. The molecule has 2 aromatic carbocycles. The number of ether oxygens (including phenoxy) is 1. The summed E-state index contributed by atoms with van der Waals surface area (Å²) >= 11 is 17.6. The van der Waals surface area contributed by atoms with Crippen LogP contribution >= 0.6 is 34.8 Å². The van der Waals surface area contributed by atoms with Crippen molar-refractivity contribution in [2.75, 3.05) is 0 Å². The molecule has 0 atom stereocenters. The Hall–Kier alpha value is -0.960. The third kappa shape index (κ3) is 4.00. The minimum Gasteiger partial charge on any atom is -0.489 e. The molecule has 19 heavy (non-hydrogen) atoms. The molecule has 0 radical (unpaired) electrons. The second kappa shape index (κ2) is 6.47. The zero-order chi connectivity index (χ0) is 13.8. The van der Waals surface area contributed by atoms with E-state index in [0.29, 0.717) is 21.4 Å². The topological polar surface area (TPSA) is 9.23 Å². The first-order valence-corrected chi connectivity index (χ1v) is 6.79. The van der Waals surface area contributed by atoms with E-state index >= 15 is 0 Å². The fourth-order valence-corrected chi connectivity index (χ4v) is 2.12. The van der Waals surface area contributed by atoms with Crippen LogP contribution in [0.4, 0.5) is 4.39 Å². The molecule has 2 rings (SSSR count). The van der Waals surface area contributed by atoms with Crippen LogP contribution in [-0.2, 0) is 12.5 Å². The van der Waals surface area contributed by atoms with Crippen LogP contribution < -0.4 is 4.74 Å². The number of hydrogen-bond acceptors (Lipinski definition) is 1. The van der Waals surface area contributed by atoms with Gasteiger partial charge in [-0.15, -0.1) is 11.6 Å². The summed E-state index contributed by atoms with van der Waals surface area (Å²) in [5, 5.41) is 1.13. The average Bonchev–Trinajstić information content (AvgIpc) is 2.39. The van der Waals surface area contributed by atoms with Crippen LogP contribution in [0.2, 0.25) is 10.0 Å². The van der Waals surface area contributed by atoms with E-state index in [-0.39, 0.29) is 18.3 Å². The van der Waals surface area contributed by atoms with Gasteiger partial charge in [0, 0.05) is 27.6 Å². The summed E-state index contributed by atoms with van der Waals surface area (Å²) in [5.41, 5.74) is 1.40. The number of hydrogen-bond donors (Lipinski definition) is 0. The van der Waals surface area contributed by atoms with Crippen LogP contribution in [0.15, 0.2) is 36.4 Å². The van der Waals surface area contributed by atoms with E-state index < -0.39 is 0 Å². The monoisotopic (exact) mass is 318 g/mol. The largest absolute Gasteiger partial charge is 0.489 e. The van der Waals surface area contributed by atoms with Gasteiger partial charge in [-0.1, -0.05) is 23.2 Å². The van der Waals surface area contributed by atoms with Gasteiger partial charge in [-0.05, 0) is 35.9 Å². The second-order valence-electron chi connectivity index (χ2n) is 3.95. The Morgan fingerprint density at radius 2 is 1.84 bits per heavy atom. The first-order chi connectivity index (χ1) is 9.08. The van der Waals surface area contributed by atoms with E-state index in [1.807, 2.05) is 0 Å². The van der Waals surface area contributed by atoms with Crippen molar-refractivity contribution in [3.63, 3.8) is 0 Å². The Morgan fingerprint density at radius 3 is 2.58 bits per heavy atom. The van der Waals surface area contributed by atoms with Crippen molar-refractivity contribution in [2.45, 2.75) is 12.5 Å². The Kier molecular flexibility index (Phi) is 4.92. The molecule has 0 unspecified atom stereocenters. The molecule has 0 fully saturated rings. The fraction of sp³-hybridized carbons (Fsp3) is 0.143. The molecule has 0 aliphatic rings. The highest BCUT2D eigenvalue weighted by Gasteiger charge is 2.05. The minimum atomic E-state index is -0.384. The van der Waals surface area contributed by atoms with Gasteiger partial charge in [-0.2, -0.15) is 0 Å². The van der Waals surface area contributed by atoms with E-state index in [4.69, 9.17) is 39.5 Å². The van der Waals surface area contributed by atoms with Crippen LogP contribution in [0.25, 0.3) is 0 Å². The Bertz CT molecular complexity index is 587. The molecule has 5 heteroatoms. The first kappa shape index (κ1) is 14.4. The van der Waals surface area contributed by atoms with Crippen molar-refractivity contribution in [3.8, 4) is 5.75 Å². The van der Waals surface area contributed by atoms with Crippen LogP contribution in [-0.4, -0.2) is 0 Å². The zero-order valence-electron chi connectivity index (χ0n) is 9.80. The lowest BCUT2D eigenvalue weighted by molar-refractivity contribution is 0.304. The smallest absolute Gasteiger partial charge is 0.127 e. The summed E-state index contributed by atoms with van der Waals surface area (Å²) in [6.07, 6.45) is 0. The molecule has 0 bridgehead atoms. The molecule has 0 aliphatic carbocycles. The molecule has 0 heterocycles. The Balaban J connectivity index is 2.14. The van der Waals surface area contributed by atoms with E-state index in [1.165, 1.54) is 12.1 Å². The standard InChI is InChI=1S/C14H10Cl3FO/c15-7-9-3-12(18)6-13(4-9)19-8-10-5-11(16)1-2-14(10)17/h1-6H,7-8H2. The van der Waals surface area contributed by atoms with Crippen molar-refractivity contribution in [2.24, 2.45) is 0 Å².